The minimum atomic E-state index is -0.0597. The van der Waals surface area contributed by atoms with Gasteiger partial charge < -0.3 is 9.64 Å². The molecule has 5 nitrogen and oxygen atoms in total. The number of thiophene rings is 1. The van der Waals surface area contributed by atoms with Crippen LogP contribution in [-0.4, -0.2) is 40.3 Å². The molecule has 0 aromatic carbocycles. The Morgan fingerprint density at radius 2 is 2.32 bits per heavy atom. The molecule has 1 aliphatic carbocycles. The highest BCUT2D eigenvalue weighted by Crippen LogP contribution is 2.32. The van der Waals surface area contributed by atoms with E-state index < -0.39 is 0 Å². The Kier molecular flexibility index (Phi) is 4.72. The van der Waals surface area contributed by atoms with Crippen LogP contribution in [0.1, 0.15) is 35.0 Å². The SMILES string of the molecule is Cn1ncc2c1C(COCC1CC1)N(C(=O)/C=C/c1cccs1)CC2. The number of carbonyl (C=O) groups is 1. The van der Waals surface area contributed by atoms with Crippen molar-refractivity contribution in [3.8, 4) is 0 Å². The first-order chi connectivity index (χ1) is 12.2. The van der Waals surface area contributed by atoms with Gasteiger partial charge in [0, 0.05) is 31.2 Å². The van der Waals surface area contributed by atoms with E-state index >= 15 is 0 Å². The third-order valence-corrected chi connectivity index (χ3v) is 5.76. The molecule has 2 aromatic heterocycles. The lowest BCUT2D eigenvalue weighted by atomic mass is 10.00. The summed E-state index contributed by atoms with van der Waals surface area (Å²) in [7, 11) is 1.95. The monoisotopic (exact) mass is 357 g/mol. The lowest BCUT2D eigenvalue weighted by Gasteiger charge is -2.35. The number of hydrogen-bond acceptors (Lipinski definition) is 4. The maximum absolute atomic E-state index is 12.8. The number of amides is 1. The molecule has 0 spiro atoms. The molecule has 132 valence electrons. The topological polar surface area (TPSA) is 47.4 Å². The van der Waals surface area contributed by atoms with Crippen LogP contribution in [0.2, 0.25) is 0 Å². The molecule has 2 aromatic rings. The average Bonchev–Trinajstić information content (AvgIpc) is 3.14. The fourth-order valence-corrected chi connectivity index (χ4v) is 3.98. The summed E-state index contributed by atoms with van der Waals surface area (Å²) in [5.41, 5.74) is 2.34. The Hall–Kier alpha value is -1.92. The molecule has 2 aliphatic rings. The van der Waals surface area contributed by atoms with E-state index in [0.29, 0.717) is 13.2 Å². The Morgan fingerprint density at radius 3 is 3.08 bits per heavy atom. The predicted octanol–water partition coefficient (Wildman–Crippen LogP) is 3.05. The molecule has 25 heavy (non-hydrogen) atoms. The number of rotatable bonds is 6. The van der Waals surface area contributed by atoms with Crippen molar-refractivity contribution in [1.29, 1.82) is 0 Å². The quantitative estimate of drug-likeness (QED) is 0.747. The third-order valence-electron chi connectivity index (χ3n) is 4.92. The van der Waals surface area contributed by atoms with E-state index in [-0.39, 0.29) is 11.9 Å². The molecule has 0 N–H and O–H groups in total. The second kappa shape index (κ2) is 7.14. The number of aryl methyl sites for hydroxylation is 1. The zero-order valence-electron chi connectivity index (χ0n) is 14.4. The molecule has 1 saturated carbocycles. The summed E-state index contributed by atoms with van der Waals surface area (Å²) in [6.45, 7) is 2.06. The van der Waals surface area contributed by atoms with Crippen LogP contribution in [0.4, 0.5) is 0 Å². The van der Waals surface area contributed by atoms with Crippen LogP contribution in [-0.2, 0) is 23.0 Å². The first-order valence-corrected chi connectivity index (χ1v) is 9.71. The first-order valence-electron chi connectivity index (χ1n) is 8.83. The molecular formula is C19H23N3O2S. The minimum Gasteiger partial charge on any atom is -0.379 e. The van der Waals surface area contributed by atoms with Crippen molar-refractivity contribution in [2.45, 2.75) is 25.3 Å². The van der Waals surface area contributed by atoms with Gasteiger partial charge in [0.1, 0.15) is 0 Å². The number of carbonyl (C=O) groups excluding carboxylic acids is 1. The number of nitrogens with zero attached hydrogens (tertiary/aromatic N) is 3. The second-order valence-electron chi connectivity index (χ2n) is 6.81. The van der Waals surface area contributed by atoms with Gasteiger partial charge in [0.2, 0.25) is 5.91 Å². The van der Waals surface area contributed by atoms with Gasteiger partial charge in [-0.3, -0.25) is 9.48 Å². The van der Waals surface area contributed by atoms with E-state index in [0.717, 1.165) is 29.5 Å². The summed E-state index contributed by atoms with van der Waals surface area (Å²) >= 11 is 1.63. The standard InChI is InChI=1S/C19H23N3O2S/c1-21-19-15(11-20-21)8-9-22(17(19)13-24-12-14-4-5-14)18(23)7-6-16-3-2-10-25-16/h2-3,6-7,10-11,14,17H,4-5,8-9,12-13H2,1H3/b7-6+. The maximum Gasteiger partial charge on any atom is 0.247 e. The van der Waals surface area contributed by atoms with Gasteiger partial charge in [0.15, 0.2) is 0 Å². The predicted molar refractivity (Wildman–Crippen MR) is 98.3 cm³/mol. The fraction of sp³-hybridized carbons (Fsp3) is 0.474. The molecule has 1 aliphatic heterocycles. The summed E-state index contributed by atoms with van der Waals surface area (Å²) in [6, 6.07) is 3.95. The fourth-order valence-electron chi connectivity index (χ4n) is 3.36. The molecule has 0 radical (unpaired) electrons. The highest BCUT2D eigenvalue weighted by molar-refractivity contribution is 7.10. The number of aromatic nitrogens is 2. The highest BCUT2D eigenvalue weighted by Gasteiger charge is 2.33. The van der Waals surface area contributed by atoms with Gasteiger partial charge in [0.05, 0.1) is 24.5 Å². The molecular weight excluding hydrogens is 334 g/mol. The molecule has 6 heteroatoms. The second-order valence-corrected chi connectivity index (χ2v) is 7.78. The number of hydrogen-bond donors (Lipinski definition) is 0. The molecule has 1 unspecified atom stereocenters. The van der Waals surface area contributed by atoms with Crippen LogP contribution in [0, 0.1) is 5.92 Å². The Labute approximate surface area is 151 Å². The third kappa shape index (κ3) is 3.70. The molecule has 1 atom stereocenters. The lowest BCUT2D eigenvalue weighted by molar-refractivity contribution is -0.130. The number of fused-ring (bicyclic) bond motifs is 1. The Bertz CT molecular complexity index is 762. The van der Waals surface area contributed by atoms with Crippen molar-refractivity contribution in [2.24, 2.45) is 13.0 Å². The minimum absolute atomic E-state index is 0.0419. The average molecular weight is 357 g/mol. The van der Waals surface area contributed by atoms with E-state index in [4.69, 9.17) is 4.74 Å². The van der Waals surface area contributed by atoms with Gasteiger partial charge in [0.25, 0.3) is 0 Å². The smallest absolute Gasteiger partial charge is 0.247 e. The zero-order valence-corrected chi connectivity index (χ0v) is 15.2. The van der Waals surface area contributed by atoms with Crippen molar-refractivity contribution in [3.63, 3.8) is 0 Å². The van der Waals surface area contributed by atoms with Gasteiger partial charge in [-0.2, -0.15) is 5.10 Å². The summed E-state index contributed by atoms with van der Waals surface area (Å²) < 4.78 is 7.84. The van der Waals surface area contributed by atoms with Crippen molar-refractivity contribution in [1.82, 2.24) is 14.7 Å². The lowest BCUT2D eigenvalue weighted by Crippen LogP contribution is -2.42. The van der Waals surface area contributed by atoms with Gasteiger partial charge in [-0.25, -0.2) is 0 Å². The highest BCUT2D eigenvalue weighted by atomic mass is 32.1. The Morgan fingerprint density at radius 1 is 1.44 bits per heavy atom. The van der Waals surface area contributed by atoms with Crippen LogP contribution in [0.15, 0.2) is 29.8 Å². The van der Waals surface area contributed by atoms with Crippen LogP contribution >= 0.6 is 11.3 Å². The molecule has 0 saturated heterocycles. The van der Waals surface area contributed by atoms with E-state index in [9.17, 15) is 4.79 Å². The van der Waals surface area contributed by atoms with E-state index in [1.807, 2.05) is 46.4 Å². The van der Waals surface area contributed by atoms with Gasteiger partial charge in [-0.15, -0.1) is 11.3 Å². The van der Waals surface area contributed by atoms with Crippen molar-refractivity contribution in [3.05, 3.63) is 45.9 Å². The van der Waals surface area contributed by atoms with Crippen LogP contribution in [0.3, 0.4) is 0 Å². The van der Waals surface area contributed by atoms with Gasteiger partial charge in [-0.05, 0) is 48.3 Å². The summed E-state index contributed by atoms with van der Waals surface area (Å²) in [4.78, 5) is 15.8. The van der Waals surface area contributed by atoms with Crippen LogP contribution in [0.5, 0.6) is 0 Å². The maximum atomic E-state index is 12.8. The largest absolute Gasteiger partial charge is 0.379 e. The summed E-state index contributed by atoms with van der Waals surface area (Å²) in [5, 5.41) is 6.41. The normalized spacial score (nSPS) is 20.2. The first kappa shape index (κ1) is 16.5. The molecule has 1 fully saturated rings. The zero-order chi connectivity index (χ0) is 17.2. The van der Waals surface area contributed by atoms with E-state index in [2.05, 4.69) is 5.10 Å². The van der Waals surface area contributed by atoms with E-state index in [1.165, 1.54) is 18.4 Å². The Balaban J connectivity index is 1.51. The van der Waals surface area contributed by atoms with Gasteiger partial charge in [-0.1, -0.05) is 6.07 Å². The molecule has 0 bridgehead atoms. The van der Waals surface area contributed by atoms with E-state index in [1.54, 1.807) is 17.4 Å². The number of ether oxygens (including phenoxy) is 1. The van der Waals surface area contributed by atoms with Gasteiger partial charge >= 0.3 is 0 Å². The van der Waals surface area contributed by atoms with Crippen molar-refractivity contribution in [2.75, 3.05) is 19.8 Å². The summed E-state index contributed by atoms with van der Waals surface area (Å²) in [6.07, 6.45) is 8.89. The molecule has 4 rings (SSSR count). The van der Waals surface area contributed by atoms with Crippen LogP contribution in [0.25, 0.3) is 6.08 Å². The van der Waals surface area contributed by atoms with Crippen molar-refractivity contribution < 1.29 is 9.53 Å². The van der Waals surface area contributed by atoms with Crippen molar-refractivity contribution >= 4 is 23.3 Å². The summed E-state index contributed by atoms with van der Waals surface area (Å²) in [5.74, 6) is 0.762. The molecule has 3 heterocycles. The van der Waals surface area contributed by atoms with Crippen LogP contribution < -0.4 is 0 Å². The molecule has 1 amide bonds.